The molecular formula is C23H27NO3. The minimum atomic E-state index is -0.224. The summed E-state index contributed by atoms with van der Waals surface area (Å²) in [5, 5.41) is 3.58. The second-order valence-corrected chi connectivity index (χ2v) is 7.33. The van der Waals surface area contributed by atoms with Gasteiger partial charge in [0, 0.05) is 24.9 Å². The number of rotatable bonds is 5. The minimum Gasteiger partial charge on any atom is -0.493 e. The monoisotopic (exact) mass is 365 g/mol. The number of nitrogens with one attached hydrogen (secondary N) is 1. The van der Waals surface area contributed by atoms with Crippen molar-refractivity contribution in [3.8, 4) is 5.75 Å². The molecule has 0 unspecified atom stereocenters. The van der Waals surface area contributed by atoms with Gasteiger partial charge in [0.05, 0.1) is 19.1 Å². The zero-order valence-electron chi connectivity index (χ0n) is 16.0. The molecule has 0 spiro atoms. The molecule has 2 aliphatic rings. The maximum Gasteiger partial charge on any atom is 0.311 e. The smallest absolute Gasteiger partial charge is 0.311 e. The molecule has 1 fully saturated rings. The lowest BCUT2D eigenvalue weighted by Crippen LogP contribution is -2.27. The number of esters is 1. The van der Waals surface area contributed by atoms with Crippen LogP contribution in [0.2, 0.25) is 0 Å². The van der Waals surface area contributed by atoms with Crippen molar-refractivity contribution < 1.29 is 14.3 Å². The molecule has 4 heteroatoms. The Morgan fingerprint density at radius 2 is 1.93 bits per heavy atom. The van der Waals surface area contributed by atoms with E-state index in [9.17, 15) is 4.79 Å². The minimum absolute atomic E-state index is 0.0236. The van der Waals surface area contributed by atoms with E-state index in [1.807, 2.05) is 13.0 Å². The van der Waals surface area contributed by atoms with Crippen molar-refractivity contribution in [2.75, 3.05) is 19.8 Å². The average Bonchev–Trinajstić information content (AvgIpc) is 3.34. The second kappa shape index (κ2) is 7.73. The maximum absolute atomic E-state index is 12.9. The summed E-state index contributed by atoms with van der Waals surface area (Å²) >= 11 is 0. The number of carbonyl (C=O) groups excluding carboxylic acids is 1. The first-order valence-electron chi connectivity index (χ1n) is 9.95. The van der Waals surface area contributed by atoms with Crippen molar-refractivity contribution in [2.45, 2.75) is 38.6 Å². The Hall–Kier alpha value is -2.33. The van der Waals surface area contributed by atoms with E-state index < -0.39 is 0 Å². The highest BCUT2D eigenvalue weighted by molar-refractivity contribution is 5.76. The fourth-order valence-electron chi connectivity index (χ4n) is 4.33. The van der Waals surface area contributed by atoms with Gasteiger partial charge in [-0.15, -0.1) is 0 Å². The van der Waals surface area contributed by atoms with Gasteiger partial charge in [0.25, 0.3) is 0 Å². The molecule has 0 radical (unpaired) electrons. The normalized spacial score (nSPS) is 23.7. The van der Waals surface area contributed by atoms with Crippen LogP contribution in [0, 0.1) is 5.92 Å². The number of hydrogen-bond donors (Lipinski definition) is 1. The quantitative estimate of drug-likeness (QED) is 0.819. The van der Waals surface area contributed by atoms with Gasteiger partial charge >= 0.3 is 5.97 Å². The molecular weight excluding hydrogens is 338 g/mol. The van der Waals surface area contributed by atoms with Gasteiger partial charge < -0.3 is 14.8 Å². The SMILES string of the molecule is CCOC(=O)[C@H]1[C@@H](c2ccc3c(c2)CCO3)CN[C@H]1c1ccc(CC)cc1. The van der Waals surface area contributed by atoms with Crippen LogP contribution in [-0.2, 0) is 22.4 Å². The van der Waals surface area contributed by atoms with E-state index in [4.69, 9.17) is 9.47 Å². The van der Waals surface area contributed by atoms with Gasteiger partial charge in [0.15, 0.2) is 0 Å². The summed E-state index contributed by atoms with van der Waals surface area (Å²) < 4.78 is 11.1. The van der Waals surface area contributed by atoms with Crippen LogP contribution < -0.4 is 10.1 Å². The summed E-state index contributed by atoms with van der Waals surface area (Å²) in [7, 11) is 0. The Morgan fingerprint density at radius 1 is 1.15 bits per heavy atom. The van der Waals surface area contributed by atoms with Crippen molar-refractivity contribution >= 4 is 5.97 Å². The first-order chi connectivity index (χ1) is 13.2. The molecule has 2 aromatic carbocycles. The molecule has 0 saturated carbocycles. The molecule has 27 heavy (non-hydrogen) atoms. The van der Waals surface area contributed by atoms with Gasteiger partial charge in [-0.25, -0.2) is 0 Å². The van der Waals surface area contributed by atoms with E-state index >= 15 is 0 Å². The third kappa shape index (κ3) is 3.46. The number of ether oxygens (including phenoxy) is 2. The molecule has 1 N–H and O–H groups in total. The summed E-state index contributed by atoms with van der Waals surface area (Å²) in [4.78, 5) is 12.9. The first kappa shape index (κ1) is 18.1. The number of carbonyl (C=O) groups is 1. The lowest BCUT2D eigenvalue weighted by molar-refractivity contribution is -0.148. The summed E-state index contributed by atoms with van der Waals surface area (Å²) in [6.45, 7) is 5.94. The third-order valence-electron chi connectivity index (χ3n) is 5.80. The Kier molecular flexibility index (Phi) is 5.17. The van der Waals surface area contributed by atoms with Crippen LogP contribution in [0.15, 0.2) is 42.5 Å². The number of benzene rings is 2. The standard InChI is InChI=1S/C23H27NO3/c1-3-15-5-7-16(8-6-15)22-21(23(25)26-4-2)19(14-24-22)17-9-10-20-18(13-17)11-12-27-20/h5-10,13,19,21-22,24H,3-4,11-12,14H2,1-2H3/t19-,21+,22+/m1/s1. The van der Waals surface area contributed by atoms with E-state index in [1.54, 1.807) is 0 Å². The van der Waals surface area contributed by atoms with Crippen LogP contribution in [0.3, 0.4) is 0 Å². The molecule has 0 bridgehead atoms. The van der Waals surface area contributed by atoms with Gasteiger partial charge in [-0.2, -0.15) is 0 Å². The molecule has 2 aromatic rings. The van der Waals surface area contributed by atoms with Crippen molar-refractivity contribution in [3.05, 3.63) is 64.7 Å². The summed E-state index contributed by atoms with van der Waals surface area (Å²) in [6.07, 6.45) is 1.95. The van der Waals surface area contributed by atoms with Crippen molar-refractivity contribution in [1.29, 1.82) is 0 Å². The van der Waals surface area contributed by atoms with Crippen LogP contribution in [0.4, 0.5) is 0 Å². The van der Waals surface area contributed by atoms with Crippen LogP contribution in [0.1, 0.15) is 48.1 Å². The van der Waals surface area contributed by atoms with E-state index in [0.29, 0.717) is 6.61 Å². The maximum atomic E-state index is 12.9. The van der Waals surface area contributed by atoms with Gasteiger partial charge in [0.2, 0.25) is 0 Å². The van der Waals surface area contributed by atoms with E-state index in [2.05, 4.69) is 48.6 Å². The van der Waals surface area contributed by atoms with E-state index in [-0.39, 0.29) is 23.8 Å². The average molecular weight is 365 g/mol. The zero-order valence-corrected chi connectivity index (χ0v) is 16.0. The lowest BCUT2D eigenvalue weighted by atomic mass is 9.82. The topological polar surface area (TPSA) is 47.6 Å². The summed E-state index contributed by atoms with van der Waals surface area (Å²) in [6, 6.07) is 14.9. The van der Waals surface area contributed by atoms with Crippen molar-refractivity contribution in [3.63, 3.8) is 0 Å². The first-order valence-corrected chi connectivity index (χ1v) is 9.95. The molecule has 3 atom stereocenters. The zero-order chi connectivity index (χ0) is 18.8. The third-order valence-corrected chi connectivity index (χ3v) is 5.80. The van der Waals surface area contributed by atoms with Crippen LogP contribution in [0.25, 0.3) is 0 Å². The molecule has 2 aliphatic heterocycles. The predicted molar refractivity (Wildman–Crippen MR) is 105 cm³/mol. The van der Waals surface area contributed by atoms with Crippen molar-refractivity contribution in [1.82, 2.24) is 5.32 Å². The second-order valence-electron chi connectivity index (χ2n) is 7.33. The Labute approximate surface area is 160 Å². The molecule has 2 heterocycles. The molecule has 1 saturated heterocycles. The molecule has 0 aromatic heterocycles. The summed E-state index contributed by atoms with van der Waals surface area (Å²) in [5.41, 5.74) is 4.89. The Bertz CT molecular complexity index is 815. The van der Waals surface area contributed by atoms with Crippen LogP contribution in [0.5, 0.6) is 5.75 Å². The fraction of sp³-hybridized carbons (Fsp3) is 0.435. The molecule has 0 aliphatic carbocycles. The fourth-order valence-corrected chi connectivity index (χ4v) is 4.33. The Balaban J connectivity index is 1.66. The molecule has 142 valence electrons. The molecule has 4 rings (SSSR count). The van der Waals surface area contributed by atoms with Gasteiger partial charge in [0.1, 0.15) is 5.75 Å². The van der Waals surface area contributed by atoms with Gasteiger partial charge in [-0.1, -0.05) is 43.3 Å². The van der Waals surface area contributed by atoms with Crippen LogP contribution >= 0.6 is 0 Å². The van der Waals surface area contributed by atoms with Crippen molar-refractivity contribution in [2.24, 2.45) is 5.92 Å². The Morgan fingerprint density at radius 3 is 2.67 bits per heavy atom. The summed E-state index contributed by atoms with van der Waals surface area (Å²) in [5.74, 6) is 0.738. The molecule has 4 nitrogen and oxygen atoms in total. The van der Waals surface area contributed by atoms with E-state index in [0.717, 1.165) is 37.3 Å². The lowest BCUT2D eigenvalue weighted by Gasteiger charge is -2.23. The number of hydrogen-bond acceptors (Lipinski definition) is 4. The number of fused-ring (bicyclic) bond motifs is 1. The highest BCUT2D eigenvalue weighted by Gasteiger charge is 2.43. The number of aryl methyl sites for hydroxylation is 1. The highest BCUT2D eigenvalue weighted by Crippen LogP contribution is 2.42. The highest BCUT2D eigenvalue weighted by atomic mass is 16.5. The van der Waals surface area contributed by atoms with Crippen LogP contribution in [-0.4, -0.2) is 25.7 Å². The molecule has 0 amide bonds. The van der Waals surface area contributed by atoms with Gasteiger partial charge in [-0.05, 0) is 41.7 Å². The largest absolute Gasteiger partial charge is 0.493 e. The predicted octanol–water partition coefficient (Wildman–Crippen LogP) is 3.79. The van der Waals surface area contributed by atoms with E-state index in [1.165, 1.54) is 16.7 Å². The van der Waals surface area contributed by atoms with Gasteiger partial charge in [-0.3, -0.25) is 4.79 Å².